The predicted octanol–water partition coefficient (Wildman–Crippen LogP) is 4.85. The molecule has 1 aliphatic carbocycles. The molecule has 0 aromatic heterocycles. The highest BCUT2D eigenvalue weighted by molar-refractivity contribution is 8.01. The van der Waals surface area contributed by atoms with E-state index in [0.29, 0.717) is 11.2 Å². The molecular formula is C17H14FS. The summed E-state index contributed by atoms with van der Waals surface area (Å²) in [4.78, 5) is 0. The molecule has 0 N–H and O–H groups in total. The van der Waals surface area contributed by atoms with Gasteiger partial charge in [0.25, 0.3) is 0 Å². The van der Waals surface area contributed by atoms with Gasteiger partial charge in [-0.25, -0.2) is 4.39 Å². The van der Waals surface area contributed by atoms with Gasteiger partial charge in [0.2, 0.25) is 0 Å². The van der Waals surface area contributed by atoms with Gasteiger partial charge >= 0.3 is 0 Å². The molecule has 2 atom stereocenters. The van der Waals surface area contributed by atoms with Gasteiger partial charge in [0.15, 0.2) is 0 Å². The Morgan fingerprint density at radius 1 is 1.00 bits per heavy atom. The molecule has 95 valence electrons. The van der Waals surface area contributed by atoms with Crippen molar-refractivity contribution in [3.05, 3.63) is 76.3 Å². The molecular weight excluding hydrogens is 255 g/mol. The summed E-state index contributed by atoms with van der Waals surface area (Å²) in [6, 6.07) is 14.0. The first-order chi connectivity index (χ1) is 9.33. The third kappa shape index (κ3) is 1.81. The van der Waals surface area contributed by atoms with Crippen molar-refractivity contribution in [2.45, 2.75) is 24.0 Å². The average Bonchev–Trinajstić information content (AvgIpc) is 2.86. The van der Waals surface area contributed by atoms with E-state index in [-0.39, 0.29) is 5.82 Å². The summed E-state index contributed by atoms with van der Waals surface area (Å²) >= 11 is 1.86. The summed E-state index contributed by atoms with van der Waals surface area (Å²) in [6.45, 7) is 0. The highest BCUT2D eigenvalue weighted by Crippen LogP contribution is 2.55. The number of halogens is 1. The van der Waals surface area contributed by atoms with E-state index in [1.54, 1.807) is 12.1 Å². The molecule has 1 heterocycles. The lowest BCUT2D eigenvalue weighted by Gasteiger charge is -2.19. The maximum atomic E-state index is 13.6. The summed E-state index contributed by atoms with van der Waals surface area (Å²) in [5.74, 6) is 2.67. The van der Waals surface area contributed by atoms with Crippen molar-refractivity contribution in [2.75, 3.05) is 0 Å². The highest BCUT2D eigenvalue weighted by atomic mass is 32.2. The Labute approximate surface area is 117 Å². The van der Waals surface area contributed by atoms with Crippen LogP contribution in [0.2, 0.25) is 0 Å². The number of hydrogen-bond donors (Lipinski definition) is 0. The molecule has 4 rings (SSSR count). The minimum Gasteiger partial charge on any atom is -0.207 e. The standard InChI is InChI=1S/C17H14FS/c18-13-6-5-12-9-11-3-1-2-4-14(11)15-7-8-19-17(15)16(12)10-13/h1-6,8,10,15,17H,7,9H2/t15-,17+/m1/s1. The Morgan fingerprint density at radius 3 is 2.79 bits per heavy atom. The Bertz CT molecular complexity index is 635. The largest absolute Gasteiger partial charge is 0.207 e. The van der Waals surface area contributed by atoms with E-state index in [1.807, 2.05) is 17.8 Å². The monoisotopic (exact) mass is 269 g/mol. The lowest BCUT2D eigenvalue weighted by Crippen LogP contribution is -2.03. The van der Waals surface area contributed by atoms with Crippen molar-refractivity contribution < 1.29 is 4.39 Å². The molecule has 0 amide bonds. The van der Waals surface area contributed by atoms with Gasteiger partial charge in [0.1, 0.15) is 5.82 Å². The van der Waals surface area contributed by atoms with E-state index in [9.17, 15) is 4.39 Å². The van der Waals surface area contributed by atoms with Gasteiger partial charge < -0.3 is 0 Å². The minimum absolute atomic E-state index is 0.115. The Balaban J connectivity index is 1.94. The highest BCUT2D eigenvalue weighted by Gasteiger charge is 2.35. The molecule has 2 heteroatoms. The maximum absolute atomic E-state index is 13.6. The summed E-state index contributed by atoms with van der Waals surface area (Å²) < 4.78 is 13.6. The smallest absolute Gasteiger partial charge is 0.123 e. The van der Waals surface area contributed by atoms with Crippen molar-refractivity contribution in [1.82, 2.24) is 0 Å². The van der Waals surface area contributed by atoms with Gasteiger partial charge in [-0.05, 0) is 47.2 Å². The fourth-order valence-corrected chi connectivity index (χ4v) is 4.65. The first-order valence-electron chi connectivity index (χ1n) is 6.66. The van der Waals surface area contributed by atoms with E-state index < -0.39 is 0 Å². The van der Waals surface area contributed by atoms with Crippen LogP contribution in [0.15, 0.2) is 42.5 Å². The second-order valence-corrected chi connectivity index (χ2v) is 6.40. The Morgan fingerprint density at radius 2 is 1.84 bits per heavy atom. The van der Waals surface area contributed by atoms with Crippen LogP contribution in [-0.4, -0.2) is 0 Å². The third-order valence-electron chi connectivity index (χ3n) is 4.21. The van der Waals surface area contributed by atoms with Gasteiger partial charge in [-0.3, -0.25) is 0 Å². The first-order valence-corrected chi connectivity index (χ1v) is 7.60. The Hall–Kier alpha value is -1.28. The van der Waals surface area contributed by atoms with Crippen LogP contribution in [0.1, 0.15) is 39.8 Å². The summed E-state index contributed by atoms with van der Waals surface area (Å²) in [7, 11) is 0. The SMILES string of the molecule is Fc1ccc2c(c1)[C@H]1S[CH]C[C@@H]1c1ccccc1C2. The number of benzene rings is 2. The fraction of sp³-hybridized carbons (Fsp3) is 0.235. The fourth-order valence-electron chi connectivity index (χ4n) is 3.32. The molecule has 0 unspecified atom stereocenters. The number of thioether (sulfide) groups is 1. The van der Waals surface area contributed by atoms with E-state index >= 15 is 0 Å². The van der Waals surface area contributed by atoms with Crippen molar-refractivity contribution in [3.8, 4) is 0 Å². The van der Waals surface area contributed by atoms with Crippen molar-refractivity contribution >= 4 is 11.8 Å². The zero-order chi connectivity index (χ0) is 12.8. The third-order valence-corrected chi connectivity index (χ3v) is 5.47. The zero-order valence-corrected chi connectivity index (χ0v) is 11.3. The van der Waals surface area contributed by atoms with Gasteiger partial charge in [-0.2, -0.15) is 0 Å². The second-order valence-electron chi connectivity index (χ2n) is 5.28. The summed E-state index contributed by atoms with van der Waals surface area (Å²) in [5, 5.41) is 0.384. The van der Waals surface area contributed by atoms with E-state index in [0.717, 1.165) is 12.8 Å². The minimum atomic E-state index is -0.115. The van der Waals surface area contributed by atoms with Crippen molar-refractivity contribution in [1.29, 1.82) is 0 Å². The summed E-state index contributed by atoms with van der Waals surface area (Å²) in [5.41, 5.74) is 5.33. The number of fused-ring (bicyclic) bond motifs is 5. The number of hydrogen-bond acceptors (Lipinski definition) is 1. The van der Waals surface area contributed by atoms with Gasteiger partial charge in [0, 0.05) is 16.9 Å². The van der Waals surface area contributed by atoms with Crippen LogP contribution in [0.25, 0.3) is 0 Å². The average molecular weight is 269 g/mol. The lowest BCUT2D eigenvalue weighted by atomic mass is 9.89. The molecule has 19 heavy (non-hydrogen) atoms. The van der Waals surface area contributed by atoms with Crippen LogP contribution in [-0.2, 0) is 6.42 Å². The molecule has 1 fully saturated rings. The molecule has 0 saturated carbocycles. The van der Waals surface area contributed by atoms with Crippen LogP contribution in [0.5, 0.6) is 0 Å². The molecule has 0 spiro atoms. The van der Waals surface area contributed by atoms with E-state index in [4.69, 9.17) is 0 Å². The van der Waals surface area contributed by atoms with Gasteiger partial charge in [-0.1, -0.05) is 30.3 Å². The quantitative estimate of drug-likeness (QED) is 0.658. The van der Waals surface area contributed by atoms with Crippen LogP contribution in [0, 0.1) is 11.6 Å². The lowest BCUT2D eigenvalue weighted by molar-refractivity contribution is 0.620. The number of rotatable bonds is 0. The Kier molecular flexibility index (Phi) is 2.66. The van der Waals surface area contributed by atoms with Crippen molar-refractivity contribution in [3.63, 3.8) is 0 Å². The van der Waals surface area contributed by atoms with Crippen LogP contribution < -0.4 is 0 Å². The normalized spacial score (nSPS) is 24.3. The molecule has 2 aliphatic rings. The van der Waals surface area contributed by atoms with Gasteiger partial charge in [0.05, 0.1) is 0 Å². The first kappa shape index (κ1) is 11.5. The molecule has 2 aromatic rings. The van der Waals surface area contributed by atoms with Gasteiger partial charge in [-0.15, -0.1) is 11.8 Å². The molecule has 0 nitrogen and oxygen atoms in total. The van der Waals surface area contributed by atoms with Crippen LogP contribution in [0.4, 0.5) is 4.39 Å². The van der Waals surface area contributed by atoms with E-state index in [2.05, 4.69) is 30.0 Å². The summed E-state index contributed by atoms with van der Waals surface area (Å²) in [6.07, 6.45) is 2.02. The second kappa shape index (κ2) is 4.38. The maximum Gasteiger partial charge on any atom is 0.123 e. The van der Waals surface area contributed by atoms with E-state index in [1.165, 1.54) is 22.3 Å². The van der Waals surface area contributed by atoms with Crippen molar-refractivity contribution in [2.24, 2.45) is 0 Å². The molecule has 0 bridgehead atoms. The van der Waals surface area contributed by atoms with Crippen LogP contribution >= 0.6 is 11.8 Å². The predicted molar refractivity (Wildman–Crippen MR) is 77.6 cm³/mol. The molecule has 1 saturated heterocycles. The topological polar surface area (TPSA) is 0 Å². The molecule has 2 aromatic carbocycles. The molecule has 1 radical (unpaired) electrons. The molecule has 1 aliphatic heterocycles. The zero-order valence-electron chi connectivity index (χ0n) is 10.5. The van der Waals surface area contributed by atoms with Crippen LogP contribution in [0.3, 0.4) is 0 Å².